The van der Waals surface area contributed by atoms with Gasteiger partial charge in [-0.3, -0.25) is 4.79 Å². The fraction of sp³-hybridized carbons (Fsp3) is 0.391. The van der Waals surface area contributed by atoms with E-state index in [1.165, 1.54) is 7.11 Å². The number of hydrogen-bond donors (Lipinski definition) is 0. The molecular weight excluding hydrogens is 712 g/mol. The minimum Gasteiger partial charge on any atom is -0.497 e. The van der Waals surface area contributed by atoms with Crippen molar-refractivity contribution in [3.8, 4) is 11.5 Å². The molecule has 1 fully saturated rings. The molecule has 4 aromatic rings. The van der Waals surface area contributed by atoms with Crippen LogP contribution in [0.15, 0.2) is 121 Å². The first-order valence-corrected chi connectivity index (χ1v) is 18.9. The lowest BCUT2D eigenvalue weighted by Gasteiger charge is -2.49. The lowest BCUT2D eigenvalue weighted by molar-refractivity contribution is -0.295. The molecule has 0 radical (unpaired) electrons. The fourth-order valence-electron chi connectivity index (χ4n) is 6.70. The van der Waals surface area contributed by atoms with E-state index in [2.05, 4.69) is 0 Å². The summed E-state index contributed by atoms with van der Waals surface area (Å²) in [4.78, 5) is 28.0. The third-order valence-electron chi connectivity index (χ3n) is 9.99. The zero-order valence-corrected chi connectivity index (χ0v) is 33.2. The van der Waals surface area contributed by atoms with Gasteiger partial charge in [-0.05, 0) is 60.0 Å². The highest BCUT2D eigenvalue weighted by Crippen LogP contribution is 2.44. The van der Waals surface area contributed by atoms with Crippen LogP contribution in [0.25, 0.3) is 0 Å². The highest BCUT2D eigenvalue weighted by atomic mass is 16.7. The van der Waals surface area contributed by atoms with E-state index in [1.807, 2.05) is 118 Å². The van der Waals surface area contributed by atoms with Gasteiger partial charge in [0.15, 0.2) is 6.10 Å². The Morgan fingerprint density at radius 3 is 1.93 bits per heavy atom. The zero-order valence-electron chi connectivity index (χ0n) is 33.2. The fourth-order valence-corrected chi connectivity index (χ4v) is 6.70. The lowest BCUT2D eigenvalue weighted by atomic mass is 9.76. The highest BCUT2D eigenvalue weighted by Gasteiger charge is 2.59. The van der Waals surface area contributed by atoms with Gasteiger partial charge in [-0.2, -0.15) is 0 Å². The topological polar surface area (TPSA) is 108 Å². The van der Waals surface area contributed by atoms with Gasteiger partial charge in [0, 0.05) is 25.4 Å². The molecule has 0 N–H and O–H groups in total. The predicted molar refractivity (Wildman–Crippen MR) is 212 cm³/mol. The maximum absolute atomic E-state index is 14.5. The number of ether oxygens (including phenoxy) is 8. The first-order valence-electron chi connectivity index (χ1n) is 18.9. The van der Waals surface area contributed by atoms with Crippen molar-refractivity contribution < 1.29 is 47.5 Å². The van der Waals surface area contributed by atoms with Gasteiger partial charge in [-0.1, -0.05) is 98.8 Å². The van der Waals surface area contributed by atoms with Crippen LogP contribution in [-0.2, 0) is 53.0 Å². The molecule has 4 aromatic carbocycles. The molecule has 1 aliphatic rings. The van der Waals surface area contributed by atoms with Gasteiger partial charge in [0.05, 0.1) is 64.5 Å². The Bertz CT molecular complexity index is 1830. The minimum absolute atomic E-state index is 0.0983. The van der Waals surface area contributed by atoms with Crippen LogP contribution in [0, 0.1) is 5.41 Å². The van der Waals surface area contributed by atoms with E-state index < -0.39 is 41.3 Å². The molecule has 0 bridgehead atoms. The summed E-state index contributed by atoms with van der Waals surface area (Å²) < 4.78 is 48.3. The van der Waals surface area contributed by atoms with Gasteiger partial charge in [0.2, 0.25) is 11.6 Å². The van der Waals surface area contributed by atoms with E-state index in [0.29, 0.717) is 31.8 Å². The Kier molecular flexibility index (Phi) is 15.4. The summed E-state index contributed by atoms with van der Waals surface area (Å²) in [5.74, 6) is -1.40. The molecule has 5 rings (SSSR count). The molecule has 0 amide bonds. The average Bonchev–Trinajstić information content (AvgIpc) is 3.23. The summed E-state index contributed by atoms with van der Waals surface area (Å²) in [7, 11) is 4.69. The van der Waals surface area contributed by atoms with Crippen LogP contribution in [-0.4, -0.2) is 69.9 Å². The molecule has 10 heteroatoms. The van der Waals surface area contributed by atoms with Crippen molar-refractivity contribution in [1.82, 2.24) is 0 Å². The van der Waals surface area contributed by atoms with Crippen molar-refractivity contribution in [1.29, 1.82) is 0 Å². The maximum Gasteiger partial charge on any atom is 0.338 e. The van der Waals surface area contributed by atoms with E-state index >= 15 is 0 Å². The SMILES string of the molecule is COc1ccc(COCC=CC(C)(C)[C@]2(OC)O[C@H](C[C@@H](OCc3ccc(OC)cc3)[C@@H](C)OCc3ccccc3)C[C@H](OC(=O)c3ccccc3)C2=O)cc1. The molecule has 1 aliphatic heterocycles. The van der Waals surface area contributed by atoms with Crippen molar-refractivity contribution in [2.75, 3.05) is 27.9 Å². The smallest absolute Gasteiger partial charge is 0.338 e. The largest absolute Gasteiger partial charge is 0.497 e. The number of Topliss-reactive ketones (excluding diaryl/α,β-unsaturated/α-hetero) is 1. The van der Waals surface area contributed by atoms with Gasteiger partial charge < -0.3 is 37.9 Å². The molecule has 0 spiro atoms. The number of ketones is 1. The molecule has 298 valence electrons. The number of benzene rings is 4. The number of carbonyl (C=O) groups is 2. The molecule has 10 nitrogen and oxygen atoms in total. The summed E-state index contributed by atoms with van der Waals surface area (Å²) in [5.41, 5.74) is 2.28. The molecule has 1 heterocycles. The average molecular weight is 767 g/mol. The Hall–Kier alpha value is -4.84. The van der Waals surface area contributed by atoms with Crippen LogP contribution in [0.3, 0.4) is 0 Å². The molecule has 0 unspecified atom stereocenters. The quantitative estimate of drug-likeness (QED) is 0.0495. The summed E-state index contributed by atoms with van der Waals surface area (Å²) in [6, 6.07) is 33.9. The molecule has 5 atom stereocenters. The van der Waals surface area contributed by atoms with Crippen molar-refractivity contribution in [3.05, 3.63) is 144 Å². The summed E-state index contributed by atoms with van der Waals surface area (Å²) in [5, 5.41) is 0. The third-order valence-corrected chi connectivity index (χ3v) is 9.99. The van der Waals surface area contributed by atoms with Crippen molar-refractivity contribution in [2.24, 2.45) is 5.41 Å². The monoisotopic (exact) mass is 766 g/mol. The van der Waals surface area contributed by atoms with Crippen molar-refractivity contribution in [3.63, 3.8) is 0 Å². The number of methoxy groups -OCH3 is 3. The first kappa shape index (κ1) is 42.3. The minimum atomic E-state index is -1.82. The van der Waals surface area contributed by atoms with Gasteiger partial charge in [-0.15, -0.1) is 0 Å². The van der Waals surface area contributed by atoms with Crippen LogP contribution in [0.4, 0.5) is 0 Å². The van der Waals surface area contributed by atoms with Crippen LogP contribution in [0.2, 0.25) is 0 Å². The molecule has 0 saturated carbocycles. The van der Waals surface area contributed by atoms with E-state index in [1.54, 1.807) is 38.5 Å². The van der Waals surface area contributed by atoms with Crippen LogP contribution >= 0.6 is 0 Å². The van der Waals surface area contributed by atoms with Crippen molar-refractivity contribution >= 4 is 11.8 Å². The zero-order chi connectivity index (χ0) is 40.0. The van der Waals surface area contributed by atoms with E-state index in [-0.39, 0.29) is 19.1 Å². The van der Waals surface area contributed by atoms with Gasteiger partial charge >= 0.3 is 5.97 Å². The molecule has 1 saturated heterocycles. The highest BCUT2D eigenvalue weighted by molar-refractivity contribution is 5.96. The lowest BCUT2D eigenvalue weighted by Crippen LogP contribution is -2.64. The van der Waals surface area contributed by atoms with E-state index in [0.717, 1.165) is 28.2 Å². The normalized spacial score (nSPS) is 19.7. The predicted octanol–water partition coefficient (Wildman–Crippen LogP) is 8.31. The van der Waals surface area contributed by atoms with Gasteiger partial charge in [0.1, 0.15) is 11.5 Å². The van der Waals surface area contributed by atoms with Crippen LogP contribution in [0.5, 0.6) is 11.5 Å². The molecule has 56 heavy (non-hydrogen) atoms. The summed E-state index contributed by atoms with van der Waals surface area (Å²) in [6.07, 6.45) is 1.44. The second-order valence-electron chi connectivity index (χ2n) is 14.3. The van der Waals surface area contributed by atoms with Crippen LogP contribution < -0.4 is 9.47 Å². The van der Waals surface area contributed by atoms with E-state index in [9.17, 15) is 9.59 Å². The Morgan fingerprint density at radius 2 is 1.34 bits per heavy atom. The second kappa shape index (κ2) is 20.4. The van der Waals surface area contributed by atoms with Gasteiger partial charge in [0.25, 0.3) is 0 Å². The Balaban J connectivity index is 1.38. The Morgan fingerprint density at radius 1 is 0.786 bits per heavy atom. The van der Waals surface area contributed by atoms with Crippen LogP contribution in [0.1, 0.15) is 60.7 Å². The Labute approximate surface area is 330 Å². The van der Waals surface area contributed by atoms with E-state index in [4.69, 9.17) is 37.9 Å². The third kappa shape index (κ3) is 11.1. The van der Waals surface area contributed by atoms with Gasteiger partial charge in [-0.25, -0.2) is 4.79 Å². The second-order valence-corrected chi connectivity index (χ2v) is 14.3. The number of rotatable bonds is 20. The standard InChI is InChI=1S/C46H54O10/c1-33(53-31-34-14-9-7-10-15-34)41(54-32-36-20-24-39(50-5)25-21-36)28-40-29-42(55-44(48)37-16-11-8-12-17-37)43(47)46(51-6,56-40)45(2,3)26-13-27-52-30-35-18-22-38(49-4)23-19-35/h7-26,33,40-42H,27-32H2,1-6H3/t33-,40-,41-,42+,46-/m1/s1. The molecular formula is C46H54O10. The summed E-state index contributed by atoms with van der Waals surface area (Å²) in [6.45, 7) is 7.02. The number of hydrogen-bond acceptors (Lipinski definition) is 10. The number of carbonyl (C=O) groups excluding carboxylic acids is 2. The molecule has 0 aliphatic carbocycles. The summed E-state index contributed by atoms with van der Waals surface area (Å²) >= 11 is 0. The maximum atomic E-state index is 14.5. The van der Waals surface area contributed by atoms with Crippen molar-refractivity contribution in [2.45, 2.75) is 83.6 Å². The number of esters is 1. The molecule has 0 aromatic heterocycles. The first-order chi connectivity index (χ1) is 27.1.